The second kappa shape index (κ2) is 6.55. The van der Waals surface area contributed by atoms with Crippen LogP contribution in [0.25, 0.3) is 0 Å². The second-order valence-corrected chi connectivity index (χ2v) is 5.19. The minimum absolute atomic E-state index is 0.0601. The summed E-state index contributed by atoms with van der Waals surface area (Å²) in [5.41, 5.74) is 1.30. The first kappa shape index (κ1) is 14.6. The SMILES string of the molecule is N#Cc1csc(CNc2ccc(OC(F)F)c(Cl)c2)c1. The number of halogens is 3. The van der Waals surface area contributed by atoms with Gasteiger partial charge >= 0.3 is 6.61 Å². The fourth-order valence-electron chi connectivity index (χ4n) is 1.52. The van der Waals surface area contributed by atoms with Crippen molar-refractivity contribution in [1.82, 2.24) is 0 Å². The number of benzene rings is 1. The molecule has 2 rings (SSSR count). The molecule has 1 aromatic heterocycles. The Hall–Kier alpha value is -1.84. The first-order valence-corrected chi connectivity index (χ1v) is 6.80. The molecule has 0 saturated heterocycles. The molecule has 0 fully saturated rings. The third-order valence-electron chi connectivity index (χ3n) is 2.40. The summed E-state index contributed by atoms with van der Waals surface area (Å²) in [6.45, 7) is -2.38. The van der Waals surface area contributed by atoms with Crippen molar-refractivity contribution in [3.8, 4) is 11.8 Å². The van der Waals surface area contributed by atoms with Gasteiger partial charge in [0, 0.05) is 22.5 Å². The van der Waals surface area contributed by atoms with Crippen LogP contribution in [-0.4, -0.2) is 6.61 Å². The maximum Gasteiger partial charge on any atom is 0.387 e. The van der Waals surface area contributed by atoms with Crippen molar-refractivity contribution in [1.29, 1.82) is 5.26 Å². The Morgan fingerprint density at radius 3 is 2.80 bits per heavy atom. The van der Waals surface area contributed by atoms with Crippen molar-refractivity contribution in [2.24, 2.45) is 0 Å². The van der Waals surface area contributed by atoms with Gasteiger partial charge in [-0.25, -0.2) is 0 Å². The quantitative estimate of drug-likeness (QED) is 0.884. The zero-order chi connectivity index (χ0) is 14.5. The van der Waals surface area contributed by atoms with Crippen LogP contribution in [-0.2, 0) is 6.54 Å². The first-order chi connectivity index (χ1) is 9.58. The van der Waals surface area contributed by atoms with E-state index in [1.807, 2.05) is 0 Å². The van der Waals surface area contributed by atoms with E-state index >= 15 is 0 Å². The van der Waals surface area contributed by atoms with Crippen LogP contribution in [0.3, 0.4) is 0 Å². The molecule has 0 radical (unpaired) electrons. The molecule has 3 nitrogen and oxygen atoms in total. The van der Waals surface area contributed by atoms with E-state index in [0.29, 0.717) is 17.8 Å². The number of ether oxygens (including phenoxy) is 1. The van der Waals surface area contributed by atoms with Gasteiger partial charge < -0.3 is 10.1 Å². The molecule has 1 N–H and O–H groups in total. The number of thiophene rings is 1. The van der Waals surface area contributed by atoms with Crippen LogP contribution in [0.5, 0.6) is 5.75 Å². The molecule has 1 aromatic carbocycles. The van der Waals surface area contributed by atoms with Crippen LogP contribution in [0.1, 0.15) is 10.4 Å². The molecule has 2 aromatic rings. The number of hydrogen-bond donors (Lipinski definition) is 1. The molecule has 0 aliphatic rings. The highest BCUT2D eigenvalue weighted by atomic mass is 35.5. The van der Waals surface area contributed by atoms with Crippen molar-refractivity contribution in [2.75, 3.05) is 5.32 Å². The molecule has 0 bridgehead atoms. The molecule has 0 aliphatic carbocycles. The summed E-state index contributed by atoms with van der Waals surface area (Å²) in [7, 11) is 0. The number of nitriles is 1. The molecule has 0 aliphatic heterocycles. The fraction of sp³-hybridized carbons (Fsp3) is 0.154. The highest BCUT2D eigenvalue weighted by Gasteiger charge is 2.09. The lowest BCUT2D eigenvalue weighted by atomic mass is 10.3. The van der Waals surface area contributed by atoms with Gasteiger partial charge in [-0.15, -0.1) is 11.3 Å². The zero-order valence-corrected chi connectivity index (χ0v) is 11.6. The van der Waals surface area contributed by atoms with E-state index < -0.39 is 6.61 Å². The molecule has 1 heterocycles. The lowest BCUT2D eigenvalue weighted by Crippen LogP contribution is -2.03. The van der Waals surface area contributed by atoms with E-state index in [0.717, 1.165) is 4.88 Å². The van der Waals surface area contributed by atoms with E-state index in [1.165, 1.54) is 23.5 Å². The molecule has 0 atom stereocenters. The highest BCUT2D eigenvalue weighted by molar-refractivity contribution is 7.10. The lowest BCUT2D eigenvalue weighted by Gasteiger charge is -2.09. The van der Waals surface area contributed by atoms with Crippen molar-refractivity contribution < 1.29 is 13.5 Å². The van der Waals surface area contributed by atoms with Gasteiger partial charge in [0.2, 0.25) is 0 Å². The molecule has 20 heavy (non-hydrogen) atoms. The monoisotopic (exact) mass is 314 g/mol. The summed E-state index contributed by atoms with van der Waals surface area (Å²) >= 11 is 7.31. The van der Waals surface area contributed by atoms with E-state index in [4.69, 9.17) is 16.9 Å². The van der Waals surface area contributed by atoms with E-state index in [2.05, 4.69) is 16.1 Å². The van der Waals surface area contributed by atoms with Crippen LogP contribution in [0.2, 0.25) is 5.02 Å². The standard InChI is InChI=1S/C13H9ClF2N2OS/c14-11-4-9(1-2-12(11)19-13(15)16)18-6-10-3-8(5-17)7-20-10/h1-4,7,13,18H,6H2. The Kier molecular flexibility index (Phi) is 4.77. The lowest BCUT2D eigenvalue weighted by molar-refractivity contribution is -0.0497. The smallest absolute Gasteiger partial charge is 0.387 e. The van der Waals surface area contributed by atoms with Crippen LogP contribution < -0.4 is 10.1 Å². The van der Waals surface area contributed by atoms with E-state index in [9.17, 15) is 8.78 Å². The van der Waals surface area contributed by atoms with E-state index in [-0.39, 0.29) is 10.8 Å². The van der Waals surface area contributed by atoms with Gasteiger partial charge in [-0.2, -0.15) is 14.0 Å². The molecular weight excluding hydrogens is 306 g/mol. The van der Waals surface area contributed by atoms with Crippen LogP contribution in [0.15, 0.2) is 29.6 Å². The minimum Gasteiger partial charge on any atom is -0.433 e. The summed E-state index contributed by atoms with van der Waals surface area (Å²) in [6.07, 6.45) is 0. The summed E-state index contributed by atoms with van der Waals surface area (Å²) in [5.74, 6) is -0.0601. The zero-order valence-electron chi connectivity index (χ0n) is 10.1. The number of hydrogen-bond acceptors (Lipinski definition) is 4. The average Bonchev–Trinajstić information content (AvgIpc) is 2.87. The van der Waals surface area contributed by atoms with E-state index in [1.54, 1.807) is 17.5 Å². The van der Waals surface area contributed by atoms with Gasteiger partial charge in [0.25, 0.3) is 0 Å². The van der Waals surface area contributed by atoms with Crippen molar-refractivity contribution in [3.63, 3.8) is 0 Å². The van der Waals surface area contributed by atoms with Crippen molar-refractivity contribution >= 4 is 28.6 Å². The second-order valence-electron chi connectivity index (χ2n) is 3.79. The van der Waals surface area contributed by atoms with Crippen molar-refractivity contribution in [3.05, 3.63) is 45.1 Å². The van der Waals surface area contributed by atoms with Gasteiger partial charge in [0.1, 0.15) is 11.8 Å². The van der Waals surface area contributed by atoms with Gasteiger partial charge in [0.05, 0.1) is 10.6 Å². The van der Waals surface area contributed by atoms with Gasteiger partial charge in [-0.05, 0) is 24.3 Å². The normalized spacial score (nSPS) is 10.3. The molecule has 0 saturated carbocycles. The Morgan fingerprint density at radius 2 is 2.20 bits per heavy atom. The predicted octanol–water partition coefficient (Wildman–Crippen LogP) is 4.49. The molecule has 104 valence electrons. The van der Waals surface area contributed by atoms with Crippen molar-refractivity contribution in [2.45, 2.75) is 13.2 Å². The van der Waals surface area contributed by atoms with Crippen LogP contribution in [0, 0.1) is 11.3 Å². The highest BCUT2D eigenvalue weighted by Crippen LogP contribution is 2.29. The molecule has 0 amide bonds. The summed E-state index contributed by atoms with van der Waals surface area (Å²) in [6, 6.07) is 8.33. The Labute approximate surface area is 123 Å². The minimum atomic E-state index is -2.90. The summed E-state index contributed by atoms with van der Waals surface area (Å²) in [5, 5.41) is 13.7. The Bertz CT molecular complexity index is 640. The fourth-order valence-corrected chi connectivity index (χ4v) is 2.50. The molecule has 7 heteroatoms. The predicted molar refractivity (Wildman–Crippen MR) is 74.4 cm³/mol. The number of nitrogens with one attached hydrogen (secondary N) is 1. The van der Waals surface area contributed by atoms with Gasteiger partial charge in [-0.3, -0.25) is 0 Å². The topological polar surface area (TPSA) is 45.0 Å². The number of rotatable bonds is 5. The first-order valence-electron chi connectivity index (χ1n) is 5.54. The number of alkyl halides is 2. The maximum absolute atomic E-state index is 12.1. The summed E-state index contributed by atoms with van der Waals surface area (Å²) < 4.78 is 28.4. The van der Waals surface area contributed by atoms with Crippen LogP contribution >= 0.6 is 22.9 Å². The summed E-state index contributed by atoms with van der Waals surface area (Å²) in [4.78, 5) is 0.991. The largest absolute Gasteiger partial charge is 0.433 e. The third-order valence-corrected chi connectivity index (χ3v) is 3.63. The van der Waals surface area contributed by atoms with Gasteiger partial charge in [-0.1, -0.05) is 11.6 Å². The molecular formula is C13H9ClF2N2OS. The van der Waals surface area contributed by atoms with Crippen LogP contribution in [0.4, 0.5) is 14.5 Å². The third kappa shape index (κ3) is 3.83. The molecule has 0 spiro atoms. The van der Waals surface area contributed by atoms with Gasteiger partial charge in [0.15, 0.2) is 0 Å². The Balaban J connectivity index is 2.00. The maximum atomic E-state index is 12.1. The average molecular weight is 315 g/mol. The number of nitrogens with zero attached hydrogens (tertiary/aromatic N) is 1. The number of anilines is 1. The molecule has 0 unspecified atom stereocenters. The Morgan fingerprint density at radius 1 is 1.40 bits per heavy atom.